The highest BCUT2D eigenvalue weighted by molar-refractivity contribution is 7.93. The number of sulfonamides is 1. The molecular formula is C10H6F3N3O5S. The number of para-hydroxylation sites is 1. The fraction of sp³-hybridized carbons (Fsp3) is 0.100. The van der Waals surface area contributed by atoms with Crippen LogP contribution in [0.15, 0.2) is 35.1 Å². The zero-order valence-corrected chi connectivity index (χ0v) is 11.2. The molecular weight excluding hydrogens is 331 g/mol. The van der Waals surface area contributed by atoms with Gasteiger partial charge in [0, 0.05) is 5.39 Å². The van der Waals surface area contributed by atoms with Gasteiger partial charge < -0.3 is 0 Å². The molecule has 1 heterocycles. The minimum absolute atomic E-state index is 0.0127. The second kappa shape index (κ2) is 4.98. The van der Waals surface area contributed by atoms with Gasteiger partial charge in [0.15, 0.2) is 5.03 Å². The Labute approximate surface area is 119 Å². The highest BCUT2D eigenvalue weighted by Crippen LogP contribution is 2.25. The third-order valence-electron chi connectivity index (χ3n) is 2.60. The Bertz CT molecular complexity index is 920. The SMILES string of the molecule is O=c1c(NS(=O)(=O)C(F)(F)F)cc2ccccc2n1[N+](=O)[O-]. The minimum atomic E-state index is -5.87. The molecule has 0 atom stereocenters. The number of pyridine rings is 1. The zero-order valence-electron chi connectivity index (χ0n) is 10.4. The van der Waals surface area contributed by atoms with Gasteiger partial charge in [0.25, 0.3) is 0 Å². The Hall–Kier alpha value is -2.63. The van der Waals surface area contributed by atoms with E-state index in [1.54, 1.807) is 0 Å². The number of anilines is 1. The lowest BCUT2D eigenvalue weighted by molar-refractivity contribution is -0.540. The molecule has 0 aliphatic carbocycles. The molecule has 0 amide bonds. The van der Waals surface area contributed by atoms with Gasteiger partial charge in [-0.3, -0.25) is 9.52 Å². The van der Waals surface area contributed by atoms with Gasteiger partial charge in [-0.1, -0.05) is 18.2 Å². The molecule has 0 aliphatic rings. The zero-order chi connectivity index (χ0) is 16.7. The van der Waals surface area contributed by atoms with Gasteiger partial charge in [-0.05, 0) is 16.8 Å². The largest absolute Gasteiger partial charge is 0.516 e. The smallest absolute Gasteiger partial charge is 0.270 e. The number of hydrogen-bond acceptors (Lipinski definition) is 5. The molecule has 0 aliphatic heterocycles. The number of nitrogens with one attached hydrogen (secondary N) is 1. The summed E-state index contributed by atoms with van der Waals surface area (Å²) in [6.45, 7) is 0. The predicted octanol–water partition coefficient (Wildman–Crippen LogP) is 1.30. The number of fused-ring (bicyclic) bond motifs is 1. The van der Waals surface area contributed by atoms with Crippen LogP contribution in [0.4, 0.5) is 18.9 Å². The maximum absolute atomic E-state index is 12.3. The summed E-state index contributed by atoms with van der Waals surface area (Å²) in [5.41, 5.74) is -8.46. The van der Waals surface area contributed by atoms with Crippen molar-refractivity contribution in [3.05, 3.63) is 50.8 Å². The van der Waals surface area contributed by atoms with Gasteiger partial charge in [0.05, 0.1) is 0 Å². The first-order valence-corrected chi connectivity index (χ1v) is 6.91. The van der Waals surface area contributed by atoms with Crippen LogP contribution in [0.5, 0.6) is 0 Å². The molecule has 0 radical (unpaired) electrons. The van der Waals surface area contributed by atoms with Crippen LogP contribution in [-0.2, 0) is 10.0 Å². The number of benzene rings is 1. The van der Waals surface area contributed by atoms with Crippen LogP contribution < -0.4 is 10.3 Å². The highest BCUT2D eigenvalue weighted by atomic mass is 32.2. The summed E-state index contributed by atoms with van der Waals surface area (Å²) in [5, 5.41) is 9.78. The van der Waals surface area contributed by atoms with Crippen molar-refractivity contribution >= 4 is 26.6 Å². The topological polar surface area (TPSA) is 111 Å². The molecule has 0 unspecified atom stereocenters. The minimum Gasteiger partial charge on any atom is -0.270 e. The molecule has 1 aromatic carbocycles. The lowest BCUT2D eigenvalue weighted by atomic mass is 10.2. The number of nitro groups is 1. The van der Waals surface area contributed by atoms with Crippen LogP contribution in [-0.4, -0.2) is 23.6 Å². The molecule has 0 saturated carbocycles. The number of nitrogens with zero attached hydrogens (tertiary/aromatic N) is 2. The third kappa shape index (κ3) is 2.59. The summed E-state index contributed by atoms with van der Waals surface area (Å²) >= 11 is 0. The van der Waals surface area contributed by atoms with Crippen LogP contribution in [0, 0.1) is 10.1 Å². The maximum Gasteiger partial charge on any atom is 0.516 e. The van der Waals surface area contributed by atoms with Crippen molar-refractivity contribution in [2.24, 2.45) is 0 Å². The van der Waals surface area contributed by atoms with E-state index in [-0.39, 0.29) is 15.6 Å². The van der Waals surface area contributed by atoms with E-state index in [2.05, 4.69) is 0 Å². The molecule has 118 valence electrons. The van der Waals surface area contributed by atoms with Gasteiger partial charge in [-0.15, -0.1) is 0 Å². The molecule has 1 N–H and O–H groups in total. The average Bonchev–Trinajstić information content (AvgIpc) is 2.37. The molecule has 0 saturated heterocycles. The number of aromatic nitrogens is 1. The van der Waals surface area contributed by atoms with Gasteiger partial charge in [-0.25, -0.2) is 10.1 Å². The van der Waals surface area contributed by atoms with Crippen LogP contribution >= 0.6 is 0 Å². The van der Waals surface area contributed by atoms with E-state index in [4.69, 9.17) is 0 Å². The Morgan fingerprint density at radius 1 is 1.23 bits per heavy atom. The number of alkyl halides is 3. The fourth-order valence-corrected chi connectivity index (χ4v) is 2.23. The Morgan fingerprint density at radius 2 is 1.82 bits per heavy atom. The monoisotopic (exact) mass is 337 g/mol. The van der Waals surface area contributed by atoms with E-state index in [0.717, 1.165) is 10.8 Å². The van der Waals surface area contributed by atoms with Gasteiger partial charge in [-0.2, -0.15) is 21.6 Å². The van der Waals surface area contributed by atoms with Crippen molar-refractivity contribution < 1.29 is 26.6 Å². The molecule has 8 nitrogen and oxygen atoms in total. The molecule has 22 heavy (non-hydrogen) atoms. The molecule has 0 fully saturated rings. The summed E-state index contributed by atoms with van der Waals surface area (Å²) < 4.78 is 60.1. The summed E-state index contributed by atoms with van der Waals surface area (Å²) in [7, 11) is -5.87. The lowest BCUT2D eigenvalue weighted by Gasteiger charge is -2.11. The molecule has 0 bridgehead atoms. The van der Waals surface area contributed by atoms with Gasteiger partial charge >= 0.3 is 21.1 Å². The van der Waals surface area contributed by atoms with Gasteiger partial charge in [0.2, 0.25) is 0 Å². The van der Waals surface area contributed by atoms with Crippen LogP contribution in [0.2, 0.25) is 0 Å². The summed E-state index contributed by atoms with van der Waals surface area (Å²) in [6.07, 6.45) is 0. The fourth-order valence-electron chi connectivity index (χ4n) is 1.68. The van der Waals surface area contributed by atoms with E-state index < -0.39 is 31.8 Å². The second-order valence-electron chi connectivity index (χ2n) is 4.02. The number of hydrogen-bond donors (Lipinski definition) is 1. The molecule has 2 aromatic rings. The average molecular weight is 337 g/mol. The molecule has 0 spiro atoms. The van der Waals surface area contributed by atoms with Crippen molar-refractivity contribution in [2.45, 2.75) is 5.51 Å². The Morgan fingerprint density at radius 3 is 2.36 bits per heavy atom. The van der Waals surface area contributed by atoms with Crippen LogP contribution in [0.25, 0.3) is 10.9 Å². The molecule has 1 aromatic heterocycles. The van der Waals surface area contributed by atoms with E-state index in [0.29, 0.717) is 0 Å². The van der Waals surface area contributed by atoms with Gasteiger partial charge in [0.1, 0.15) is 11.2 Å². The van der Waals surface area contributed by atoms with E-state index in [1.807, 2.05) is 0 Å². The molecule has 2 rings (SSSR count). The Balaban J connectivity index is 2.74. The van der Waals surface area contributed by atoms with Crippen molar-refractivity contribution in [1.29, 1.82) is 0 Å². The van der Waals surface area contributed by atoms with E-state index in [1.165, 1.54) is 24.3 Å². The second-order valence-corrected chi connectivity index (χ2v) is 5.70. The summed E-state index contributed by atoms with van der Waals surface area (Å²) in [5.74, 6) is 0. The quantitative estimate of drug-likeness (QED) is 0.670. The van der Waals surface area contributed by atoms with Crippen LogP contribution in [0.3, 0.4) is 0 Å². The van der Waals surface area contributed by atoms with E-state index >= 15 is 0 Å². The van der Waals surface area contributed by atoms with Crippen molar-refractivity contribution in [3.8, 4) is 0 Å². The normalized spacial score (nSPS) is 12.3. The van der Waals surface area contributed by atoms with Crippen molar-refractivity contribution in [1.82, 2.24) is 4.68 Å². The predicted molar refractivity (Wildman–Crippen MR) is 69.2 cm³/mol. The maximum atomic E-state index is 12.3. The van der Waals surface area contributed by atoms with Crippen molar-refractivity contribution in [3.63, 3.8) is 0 Å². The lowest BCUT2D eigenvalue weighted by Crippen LogP contribution is -2.35. The first kappa shape index (κ1) is 15.8. The third-order valence-corrected chi connectivity index (χ3v) is 3.70. The standard InChI is InChI=1S/C10H6F3N3O5S/c11-10(12,13)22(20,21)14-7-5-6-3-1-2-4-8(6)15(9(7)17)16(18)19/h1-5,14H. The summed E-state index contributed by atoms with van der Waals surface area (Å²) in [6, 6.07) is 6.06. The highest BCUT2D eigenvalue weighted by Gasteiger charge is 2.46. The summed E-state index contributed by atoms with van der Waals surface area (Å²) in [4.78, 5) is 22.8. The molecule has 12 heteroatoms. The number of halogens is 3. The van der Waals surface area contributed by atoms with Crippen molar-refractivity contribution in [2.75, 3.05) is 4.72 Å². The first-order valence-electron chi connectivity index (χ1n) is 5.43. The van der Waals surface area contributed by atoms with Crippen LogP contribution in [0.1, 0.15) is 0 Å². The van der Waals surface area contributed by atoms with E-state index in [9.17, 15) is 36.5 Å². The first-order chi connectivity index (χ1) is 10.0. The Kier molecular flexibility index (Phi) is 3.56. The number of rotatable bonds is 3.